The number of anilines is 1. The number of methoxy groups -OCH3 is 1. The zero-order valence-electron chi connectivity index (χ0n) is 11.4. The summed E-state index contributed by atoms with van der Waals surface area (Å²) in [6.07, 6.45) is 2.37. The van der Waals surface area contributed by atoms with Crippen molar-refractivity contribution in [1.82, 2.24) is 9.88 Å². The Hall–Kier alpha value is -1.80. The third kappa shape index (κ3) is 3.84. The van der Waals surface area contributed by atoms with E-state index in [0.717, 1.165) is 11.9 Å². The number of nitrogens with one attached hydrogen (secondary N) is 1. The van der Waals surface area contributed by atoms with E-state index in [4.69, 9.17) is 8.92 Å². The van der Waals surface area contributed by atoms with Crippen LogP contribution in [0.25, 0.3) is 0 Å². The van der Waals surface area contributed by atoms with Crippen molar-refractivity contribution >= 4 is 15.8 Å². The van der Waals surface area contributed by atoms with Crippen molar-refractivity contribution in [3.05, 3.63) is 30.7 Å². The van der Waals surface area contributed by atoms with Crippen LogP contribution in [-0.4, -0.2) is 50.9 Å². The van der Waals surface area contributed by atoms with Gasteiger partial charge in [0.25, 0.3) is 10.1 Å². The third-order valence-electron chi connectivity index (χ3n) is 2.77. The summed E-state index contributed by atoms with van der Waals surface area (Å²) in [4.78, 5) is 5.96. The molecule has 1 saturated heterocycles. The van der Waals surface area contributed by atoms with Crippen molar-refractivity contribution in [1.29, 1.82) is 0 Å². The van der Waals surface area contributed by atoms with Crippen LogP contribution in [0.15, 0.2) is 30.7 Å². The maximum Gasteiger partial charge on any atom is 0.264 e. The Kier molecular flexibility index (Phi) is 4.15. The predicted molar refractivity (Wildman–Crippen MR) is 74.8 cm³/mol. The molecule has 7 nitrogen and oxygen atoms in total. The van der Waals surface area contributed by atoms with Crippen molar-refractivity contribution in [2.75, 3.05) is 31.8 Å². The molecule has 1 aromatic rings. The Bertz CT molecular complexity index is 579. The van der Waals surface area contributed by atoms with Crippen LogP contribution in [0.1, 0.15) is 0 Å². The highest BCUT2D eigenvalue weighted by Crippen LogP contribution is 2.20. The quantitative estimate of drug-likeness (QED) is 0.772. The molecule has 1 N–H and O–H groups in total. The van der Waals surface area contributed by atoms with Gasteiger partial charge in [-0.2, -0.15) is 8.42 Å². The second kappa shape index (κ2) is 5.68. The lowest BCUT2D eigenvalue weighted by molar-refractivity contribution is 0.0514. The number of likely N-dealkylation sites (tertiary alicyclic amines) is 1. The number of hydrogen-bond acceptors (Lipinski definition) is 7. The fourth-order valence-corrected chi connectivity index (χ4v) is 2.40. The molecule has 0 aromatic carbocycles. The first-order valence-electron chi connectivity index (χ1n) is 5.96. The van der Waals surface area contributed by atoms with E-state index in [-0.39, 0.29) is 6.10 Å². The number of ether oxygens (including phenoxy) is 1. The van der Waals surface area contributed by atoms with Crippen molar-refractivity contribution in [2.45, 2.75) is 6.10 Å². The predicted octanol–water partition coefficient (Wildman–Crippen LogP) is 0.634. The number of nitrogens with zero attached hydrogens (tertiary/aromatic N) is 2. The average molecular weight is 299 g/mol. The molecule has 0 aliphatic carbocycles. The lowest BCUT2D eigenvalue weighted by atomic mass is 10.2. The highest BCUT2D eigenvalue weighted by molar-refractivity contribution is 7.86. The van der Waals surface area contributed by atoms with E-state index in [0.29, 0.717) is 24.8 Å². The smallest absolute Gasteiger partial charge is 0.264 e. The maximum atomic E-state index is 11.0. The first-order valence-corrected chi connectivity index (χ1v) is 7.78. The molecular formula is C12H17N3O4S. The average Bonchev–Trinajstić information content (AvgIpc) is 2.33. The molecule has 0 bridgehead atoms. The van der Waals surface area contributed by atoms with Gasteiger partial charge < -0.3 is 15.0 Å². The first kappa shape index (κ1) is 14.6. The van der Waals surface area contributed by atoms with Gasteiger partial charge in [0.2, 0.25) is 5.88 Å². The fourth-order valence-electron chi connectivity index (χ4n) is 1.79. The molecule has 0 spiro atoms. The molecule has 0 unspecified atom stereocenters. The van der Waals surface area contributed by atoms with E-state index >= 15 is 0 Å². The molecule has 0 radical (unpaired) electrons. The van der Waals surface area contributed by atoms with Crippen molar-refractivity contribution < 1.29 is 17.3 Å². The minimum atomic E-state index is -3.40. The van der Waals surface area contributed by atoms with E-state index in [1.165, 1.54) is 0 Å². The minimum Gasteiger partial charge on any atom is -0.481 e. The molecule has 1 aromatic heterocycles. The highest BCUT2D eigenvalue weighted by Gasteiger charge is 2.31. The third-order valence-corrected chi connectivity index (χ3v) is 3.40. The van der Waals surface area contributed by atoms with E-state index in [1.807, 2.05) is 11.0 Å². The monoisotopic (exact) mass is 299 g/mol. The van der Waals surface area contributed by atoms with Gasteiger partial charge in [-0.25, -0.2) is 4.98 Å². The SMILES string of the molecule is C=C(Nc1ccc(OC)nc1)N1CC(OS(C)(=O)=O)C1. The Morgan fingerprint density at radius 1 is 1.50 bits per heavy atom. The molecule has 110 valence electrons. The molecule has 0 atom stereocenters. The molecule has 0 saturated carbocycles. The summed E-state index contributed by atoms with van der Waals surface area (Å²) >= 11 is 0. The normalized spacial score (nSPS) is 15.6. The van der Waals surface area contributed by atoms with E-state index in [2.05, 4.69) is 16.9 Å². The largest absolute Gasteiger partial charge is 0.481 e. The van der Waals surface area contributed by atoms with Crippen LogP contribution in [0.3, 0.4) is 0 Å². The van der Waals surface area contributed by atoms with Crippen molar-refractivity contribution in [3.63, 3.8) is 0 Å². The summed E-state index contributed by atoms with van der Waals surface area (Å²) in [5.41, 5.74) is 0.781. The van der Waals surface area contributed by atoms with Gasteiger partial charge in [-0.05, 0) is 6.07 Å². The fraction of sp³-hybridized carbons (Fsp3) is 0.417. The number of aromatic nitrogens is 1. The molecule has 20 heavy (non-hydrogen) atoms. The van der Waals surface area contributed by atoms with Crippen molar-refractivity contribution in [2.24, 2.45) is 0 Å². The number of pyridine rings is 1. The molecule has 1 fully saturated rings. The number of hydrogen-bond donors (Lipinski definition) is 1. The molecule has 1 aliphatic rings. The van der Waals surface area contributed by atoms with Crippen LogP contribution in [-0.2, 0) is 14.3 Å². The standard InChI is InChI=1S/C12H17N3O4S/c1-9(14-10-4-5-12(18-2)13-6-10)15-7-11(8-15)19-20(3,16)17/h4-6,11,14H,1,7-8H2,2-3H3. The molecule has 2 heterocycles. The van der Waals surface area contributed by atoms with E-state index < -0.39 is 10.1 Å². The highest BCUT2D eigenvalue weighted by atomic mass is 32.2. The van der Waals surface area contributed by atoms with Gasteiger partial charge in [-0.3, -0.25) is 4.18 Å². The Balaban J connectivity index is 1.82. The summed E-state index contributed by atoms with van der Waals surface area (Å²) in [5, 5.41) is 3.09. The summed E-state index contributed by atoms with van der Waals surface area (Å²) in [5.74, 6) is 1.21. The van der Waals surface area contributed by atoms with Gasteiger partial charge in [0.15, 0.2) is 0 Å². The van der Waals surface area contributed by atoms with Gasteiger partial charge in [0.05, 0.1) is 31.1 Å². The van der Waals surface area contributed by atoms with Crippen LogP contribution in [0.4, 0.5) is 5.69 Å². The number of rotatable bonds is 6. The molecule has 2 rings (SSSR count). The zero-order valence-corrected chi connectivity index (χ0v) is 12.2. The van der Waals surface area contributed by atoms with E-state index in [1.54, 1.807) is 19.4 Å². The second-order valence-electron chi connectivity index (χ2n) is 4.49. The summed E-state index contributed by atoms with van der Waals surface area (Å²) in [7, 11) is -1.85. The topological polar surface area (TPSA) is 80.8 Å². The van der Waals surface area contributed by atoms with Crippen LogP contribution in [0.2, 0.25) is 0 Å². The second-order valence-corrected chi connectivity index (χ2v) is 6.09. The first-order chi connectivity index (χ1) is 9.37. The molecule has 8 heteroatoms. The zero-order chi connectivity index (χ0) is 14.8. The minimum absolute atomic E-state index is 0.308. The Labute approximate surface area is 118 Å². The van der Waals surface area contributed by atoms with Gasteiger partial charge in [0, 0.05) is 19.2 Å². The van der Waals surface area contributed by atoms with Gasteiger partial charge in [0.1, 0.15) is 6.10 Å². The summed E-state index contributed by atoms with van der Waals surface area (Å²) in [6, 6.07) is 3.56. The van der Waals surface area contributed by atoms with Gasteiger partial charge in [-0.1, -0.05) is 6.58 Å². The Morgan fingerprint density at radius 3 is 2.70 bits per heavy atom. The summed E-state index contributed by atoms with van der Waals surface area (Å²) in [6.45, 7) is 4.87. The Morgan fingerprint density at radius 2 is 2.20 bits per heavy atom. The molecule has 1 aliphatic heterocycles. The van der Waals surface area contributed by atoms with Crippen LogP contribution in [0.5, 0.6) is 5.88 Å². The van der Waals surface area contributed by atoms with Gasteiger partial charge >= 0.3 is 0 Å². The van der Waals surface area contributed by atoms with Crippen molar-refractivity contribution in [3.8, 4) is 5.88 Å². The molecule has 0 amide bonds. The molecular weight excluding hydrogens is 282 g/mol. The summed E-state index contributed by atoms with van der Waals surface area (Å²) < 4.78 is 31.8. The van der Waals surface area contributed by atoms with E-state index in [9.17, 15) is 8.42 Å². The van der Waals surface area contributed by atoms with Gasteiger partial charge in [-0.15, -0.1) is 0 Å². The van der Waals surface area contributed by atoms with Crippen LogP contribution < -0.4 is 10.1 Å². The lowest BCUT2D eigenvalue weighted by Crippen LogP contribution is -2.52. The lowest BCUT2D eigenvalue weighted by Gasteiger charge is -2.40. The van der Waals surface area contributed by atoms with Crippen LogP contribution in [0, 0.1) is 0 Å². The maximum absolute atomic E-state index is 11.0. The van der Waals surface area contributed by atoms with Crippen LogP contribution >= 0.6 is 0 Å².